The van der Waals surface area contributed by atoms with E-state index in [0.717, 1.165) is 0 Å². The number of methoxy groups -OCH3 is 1. The number of nitrogens with one attached hydrogen (secondary N) is 1. The van der Waals surface area contributed by atoms with Crippen LogP contribution in [0.2, 0.25) is 0 Å². The number of piperazine rings is 1. The van der Waals surface area contributed by atoms with Crippen LogP contribution in [0.15, 0.2) is 11.8 Å². The third-order valence-corrected chi connectivity index (χ3v) is 6.03. The minimum absolute atomic E-state index is 0.0392. The zero-order valence-electron chi connectivity index (χ0n) is 13.9. The number of nitrogens with zero attached hydrogens (tertiary/aromatic N) is 3. The second-order valence-electron chi connectivity index (χ2n) is 5.98. The Kier molecular flexibility index (Phi) is 6.60. The summed E-state index contributed by atoms with van der Waals surface area (Å²) in [5.41, 5.74) is 0.0392. The smallest absolute Gasteiger partial charge is 0.266 e. The van der Waals surface area contributed by atoms with Crippen LogP contribution in [0.4, 0.5) is 0 Å². The maximum absolute atomic E-state index is 12.5. The second kappa shape index (κ2) is 8.46. The van der Waals surface area contributed by atoms with Gasteiger partial charge in [-0.3, -0.25) is 4.79 Å². The van der Waals surface area contributed by atoms with Gasteiger partial charge in [-0.15, -0.1) is 0 Å². The average molecular weight is 356 g/mol. The van der Waals surface area contributed by atoms with Crippen molar-refractivity contribution >= 4 is 15.7 Å². The van der Waals surface area contributed by atoms with Gasteiger partial charge in [0.2, 0.25) is 0 Å². The van der Waals surface area contributed by atoms with E-state index in [2.05, 4.69) is 5.32 Å². The molecule has 0 spiro atoms. The van der Waals surface area contributed by atoms with Crippen LogP contribution in [0.25, 0.3) is 0 Å². The summed E-state index contributed by atoms with van der Waals surface area (Å²) in [5, 5.41) is 12.5. The molecule has 0 radical (unpaired) electrons. The number of sulfone groups is 1. The molecule has 0 bridgehead atoms. The predicted octanol–water partition coefficient (Wildman–Crippen LogP) is -1.04. The molecule has 0 aliphatic carbocycles. The monoisotopic (exact) mass is 356 g/mol. The van der Waals surface area contributed by atoms with E-state index in [0.29, 0.717) is 45.8 Å². The fourth-order valence-corrected chi connectivity index (χ4v) is 4.66. The van der Waals surface area contributed by atoms with Gasteiger partial charge >= 0.3 is 0 Å². The van der Waals surface area contributed by atoms with Crippen LogP contribution in [0.1, 0.15) is 6.42 Å². The summed E-state index contributed by atoms with van der Waals surface area (Å²) >= 11 is 0. The highest BCUT2D eigenvalue weighted by molar-refractivity contribution is 7.91. The molecule has 24 heavy (non-hydrogen) atoms. The number of hydrogen-bond donors (Lipinski definition) is 1. The van der Waals surface area contributed by atoms with Crippen molar-refractivity contribution < 1.29 is 17.9 Å². The molecule has 2 aliphatic rings. The molecule has 2 saturated heterocycles. The first kappa shape index (κ1) is 18.7. The number of carbonyl (C=O) groups is 1. The first-order chi connectivity index (χ1) is 11.5. The molecule has 134 valence electrons. The van der Waals surface area contributed by atoms with Gasteiger partial charge in [-0.2, -0.15) is 5.26 Å². The molecule has 2 heterocycles. The summed E-state index contributed by atoms with van der Waals surface area (Å²) < 4.78 is 28.5. The van der Waals surface area contributed by atoms with E-state index in [4.69, 9.17) is 4.74 Å². The van der Waals surface area contributed by atoms with Crippen LogP contribution >= 0.6 is 0 Å². The Hall–Kier alpha value is -1.63. The van der Waals surface area contributed by atoms with E-state index >= 15 is 0 Å². The normalized spacial score (nSPS) is 23.8. The van der Waals surface area contributed by atoms with Crippen molar-refractivity contribution in [2.75, 3.05) is 57.9 Å². The van der Waals surface area contributed by atoms with Crippen molar-refractivity contribution in [3.63, 3.8) is 0 Å². The Bertz CT molecular complexity index is 620. The van der Waals surface area contributed by atoms with Crippen LogP contribution in [0.5, 0.6) is 0 Å². The number of carbonyl (C=O) groups excluding carboxylic acids is 1. The zero-order chi connectivity index (χ0) is 17.6. The summed E-state index contributed by atoms with van der Waals surface area (Å²) in [6, 6.07) is 1.75. The molecule has 0 aromatic carbocycles. The molecule has 9 heteroatoms. The predicted molar refractivity (Wildman–Crippen MR) is 88.8 cm³/mol. The zero-order valence-corrected chi connectivity index (χ0v) is 14.7. The van der Waals surface area contributed by atoms with Gasteiger partial charge in [0.1, 0.15) is 11.6 Å². The lowest BCUT2D eigenvalue weighted by Crippen LogP contribution is -2.47. The quantitative estimate of drug-likeness (QED) is 0.479. The third kappa shape index (κ3) is 4.93. The highest BCUT2D eigenvalue weighted by Gasteiger charge is 2.32. The first-order valence-electron chi connectivity index (χ1n) is 8.04. The SMILES string of the molecule is COCCN(/C=C(/C#N)C(=O)N1CCNCC1)C1CCS(=O)(=O)C1. The number of hydrogen-bond acceptors (Lipinski definition) is 7. The van der Waals surface area contributed by atoms with E-state index < -0.39 is 9.84 Å². The molecule has 2 fully saturated rings. The number of amides is 1. The van der Waals surface area contributed by atoms with Crippen LogP contribution in [-0.2, 0) is 19.4 Å². The van der Waals surface area contributed by atoms with E-state index in [9.17, 15) is 18.5 Å². The Morgan fingerprint density at radius 3 is 2.71 bits per heavy atom. The van der Waals surface area contributed by atoms with Crippen LogP contribution < -0.4 is 5.32 Å². The molecular weight excluding hydrogens is 332 g/mol. The molecule has 1 unspecified atom stereocenters. The van der Waals surface area contributed by atoms with Gasteiger partial charge < -0.3 is 19.9 Å². The molecule has 2 rings (SSSR count). The van der Waals surface area contributed by atoms with E-state index in [1.54, 1.807) is 16.9 Å². The Morgan fingerprint density at radius 2 is 2.17 bits per heavy atom. The summed E-state index contributed by atoms with van der Waals surface area (Å²) in [6.45, 7) is 3.38. The highest BCUT2D eigenvalue weighted by atomic mass is 32.2. The summed E-state index contributed by atoms with van der Waals surface area (Å²) in [4.78, 5) is 15.9. The fourth-order valence-electron chi connectivity index (χ4n) is 2.92. The molecule has 2 aliphatic heterocycles. The van der Waals surface area contributed by atoms with Crippen LogP contribution in [0, 0.1) is 11.3 Å². The number of nitriles is 1. The first-order valence-corrected chi connectivity index (χ1v) is 9.86. The van der Waals surface area contributed by atoms with Crippen LogP contribution in [0.3, 0.4) is 0 Å². The minimum Gasteiger partial charge on any atom is -0.383 e. The maximum atomic E-state index is 12.5. The van der Waals surface area contributed by atoms with Gasteiger partial charge in [0, 0.05) is 52.1 Å². The van der Waals surface area contributed by atoms with Crippen molar-refractivity contribution in [2.45, 2.75) is 12.5 Å². The Labute approximate surface area is 143 Å². The topological polar surface area (TPSA) is 103 Å². The minimum atomic E-state index is -3.05. The molecule has 0 saturated carbocycles. The second-order valence-corrected chi connectivity index (χ2v) is 8.21. The lowest BCUT2D eigenvalue weighted by molar-refractivity contribution is -0.127. The molecule has 8 nitrogen and oxygen atoms in total. The highest BCUT2D eigenvalue weighted by Crippen LogP contribution is 2.19. The number of ether oxygens (including phenoxy) is 1. The lowest BCUT2D eigenvalue weighted by atomic mass is 10.2. The van der Waals surface area contributed by atoms with Gasteiger partial charge in [0.15, 0.2) is 9.84 Å². The Balaban J connectivity index is 2.15. The van der Waals surface area contributed by atoms with Gasteiger partial charge in [0.05, 0.1) is 18.1 Å². The third-order valence-electron chi connectivity index (χ3n) is 4.28. The molecule has 1 amide bonds. The lowest BCUT2D eigenvalue weighted by Gasteiger charge is -2.29. The van der Waals surface area contributed by atoms with E-state index in [1.165, 1.54) is 6.20 Å². The molecule has 1 atom stereocenters. The van der Waals surface area contributed by atoms with E-state index in [-0.39, 0.29) is 29.0 Å². The average Bonchev–Trinajstić information content (AvgIpc) is 2.95. The Morgan fingerprint density at radius 1 is 1.46 bits per heavy atom. The van der Waals surface area contributed by atoms with E-state index in [1.807, 2.05) is 6.07 Å². The standard InChI is InChI=1S/C15H24N4O4S/c1-23-8-7-19(14-2-9-24(21,22)12-14)11-13(10-16)15(20)18-5-3-17-4-6-18/h11,14,17H,2-9,12H2,1H3/b13-11-. The summed E-state index contributed by atoms with van der Waals surface area (Å²) in [6.07, 6.45) is 2.01. The van der Waals surface area contributed by atoms with Gasteiger partial charge in [0.25, 0.3) is 5.91 Å². The molecule has 0 aromatic rings. The van der Waals surface area contributed by atoms with Crippen molar-refractivity contribution in [1.29, 1.82) is 5.26 Å². The fraction of sp³-hybridized carbons (Fsp3) is 0.733. The van der Waals surface area contributed by atoms with Crippen molar-refractivity contribution in [2.24, 2.45) is 0 Å². The van der Waals surface area contributed by atoms with Gasteiger partial charge in [-0.1, -0.05) is 0 Å². The van der Waals surface area contributed by atoms with Crippen molar-refractivity contribution in [3.8, 4) is 6.07 Å². The largest absolute Gasteiger partial charge is 0.383 e. The maximum Gasteiger partial charge on any atom is 0.266 e. The molecule has 0 aromatic heterocycles. The van der Waals surface area contributed by atoms with Crippen molar-refractivity contribution in [3.05, 3.63) is 11.8 Å². The van der Waals surface area contributed by atoms with Gasteiger partial charge in [-0.25, -0.2) is 8.42 Å². The van der Waals surface area contributed by atoms with Gasteiger partial charge in [-0.05, 0) is 6.42 Å². The molecular formula is C15H24N4O4S. The molecule has 1 N–H and O–H groups in total. The van der Waals surface area contributed by atoms with Crippen molar-refractivity contribution in [1.82, 2.24) is 15.1 Å². The number of rotatable bonds is 6. The summed E-state index contributed by atoms with van der Waals surface area (Å²) in [7, 11) is -1.49. The summed E-state index contributed by atoms with van der Waals surface area (Å²) in [5.74, 6) is -0.113. The van der Waals surface area contributed by atoms with Crippen LogP contribution in [-0.4, -0.2) is 88.1 Å².